The van der Waals surface area contributed by atoms with Crippen LogP contribution in [0.1, 0.15) is 32.3 Å². The Bertz CT molecular complexity index is 403. The van der Waals surface area contributed by atoms with Gasteiger partial charge >= 0.3 is 5.97 Å². The Morgan fingerprint density at radius 1 is 1.22 bits per heavy atom. The van der Waals surface area contributed by atoms with Crippen LogP contribution in [-0.2, 0) is 14.3 Å². The molecule has 0 aliphatic heterocycles. The number of carbonyl (C=O) groups is 2. The summed E-state index contributed by atoms with van der Waals surface area (Å²) >= 11 is 0. The number of nitrogens with one attached hydrogen (secondary N) is 1. The van der Waals surface area contributed by atoms with Crippen LogP contribution in [0.2, 0.25) is 0 Å². The van der Waals surface area contributed by atoms with E-state index in [1.54, 1.807) is 13.8 Å². The summed E-state index contributed by atoms with van der Waals surface area (Å²) in [5.41, 5.74) is 0.922. The molecule has 1 amide bonds. The number of hydrogen-bond acceptors (Lipinski definition) is 3. The molecule has 0 aromatic heterocycles. The Morgan fingerprint density at radius 3 is 2.39 bits per heavy atom. The maximum absolute atomic E-state index is 11.9. The molecule has 2 unspecified atom stereocenters. The number of esters is 1. The van der Waals surface area contributed by atoms with E-state index in [0.717, 1.165) is 5.56 Å². The number of amides is 1. The van der Waals surface area contributed by atoms with Crippen molar-refractivity contribution < 1.29 is 14.3 Å². The lowest BCUT2D eigenvalue weighted by Gasteiger charge is -2.16. The van der Waals surface area contributed by atoms with Gasteiger partial charge in [-0.2, -0.15) is 0 Å². The zero-order chi connectivity index (χ0) is 13.5. The second-order valence-corrected chi connectivity index (χ2v) is 4.11. The molecule has 1 aromatic carbocycles. The lowest BCUT2D eigenvalue weighted by molar-refractivity contribution is -0.147. The number of carbonyl (C=O) groups excluding carboxylic acids is 2. The average Bonchev–Trinajstić information content (AvgIpc) is 2.39. The van der Waals surface area contributed by atoms with Crippen molar-refractivity contribution in [1.82, 2.24) is 5.32 Å². The highest BCUT2D eigenvalue weighted by Gasteiger charge is 2.21. The van der Waals surface area contributed by atoms with E-state index in [-0.39, 0.29) is 11.8 Å². The van der Waals surface area contributed by atoms with Gasteiger partial charge in [-0.1, -0.05) is 30.3 Å². The minimum Gasteiger partial charge on any atom is -0.464 e. The fourth-order valence-corrected chi connectivity index (χ4v) is 1.56. The number of rotatable bonds is 5. The lowest BCUT2D eigenvalue weighted by Crippen LogP contribution is -2.41. The van der Waals surface area contributed by atoms with Gasteiger partial charge < -0.3 is 10.1 Å². The van der Waals surface area contributed by atoms with Crippen LogP contribution in [0.3, 0.4) is 0 Å². The molecule has 98 valence electrons. The molecule has 4 nitrogen and oxygen atoms in total. The monoisotopic (exact) mass is 249 g/mol. The van der Waals surface area contributed by atoms with E-state index in [1.807, 2.05) is 37.3 Å². The van der Waals surface area contributed by atoms with Gasteiger partial charge in [-0.3, -0.25) is 4.79 Å². The van der Waals surface area contributed by atoms with Crippen molar-refractivity contribution in [3.05, 3.63) is 35.9 Å². The fraction of sp³-hybridized carbons (Fsp3) is 0.429. The Kier molecular flexibility index (Phi) is 5.36. The van der Waals surface area contributed by atoms with Gasteiger partial charge in [0.1, 0.15) is 6.04 Å². The largest absolute Gasteiger partial charge is 0.464 e. The van der Waals surface area contributed by atoms with Crippen molar-refractivity contribution in [2.75, 3.05) is 6.61 Å². The Morgan fingerprint density at radius 2 is 1.83 bits per heavy atom. The van der Waals surface area contributed by atoms with E-state index in [0.29, 0.717) is 6.61 Å². The third-order valence-electron chi connectivity index (χ3n) is 2.69. The van der Waals surface area contributed by atoms with Crippen molar-refractivity contribution in [3.8, 4) is 0 Å². The van der Waals surface area contributed by atoms with E-state index in [2.05, 4.69) is 5.32 Å². The van der Waals surface area contributed by atoms with Crippen molar-refractivity contribution in [2.45, 2.75) is 32.7 Å². The first kappa shape index (κ1) is 14.2. The molecule has 0 bridgehead atoms. The molecule has 2 atom stereocenters. The lowest BCUT2D eigenvalue weighted by atomic mass is 10.0. The summed E-state index contributed by atoms with van der Waals surface area (Å²) in [6.45, 7) is 5.47. The quantitative estimate of drug-likeness (QED) is 0.810. The van der Waals surface area contributed by atoms with E-state index < -0.39 is 12.0 Å². The summed E-state index contributed by atoms with van der Waals surface area (Å²) in [6, 6.07) is 8.82. The number of hydrogen-bond donors (Lipinski definition) is 1. The topological polar surface area (TPSA) is 55.4 Å². The molecule has 0 aliphatic carbocycles. The van der Waals surface area contributed by atoms with Crippen molar-refractivity contribution in [3.63, 3.8) is 0 Å². The summed E-state index contributed by atoms with van der Waals surface area (Å²) in [5, 5.41) is 2.65. The summed E-state index contributed by atoms with van der Waals surface area (Å²) in [4.78, 5) is 23.3. The van der Waals surface area contributed by atoms with Crippen LogP contribution in [-0.4, -0.2) is 24.5 Å². The summed E-state index contributed by atoms with van der Waals surface area (Å²) in [5.74, 6) is -0.879. The molecule has 1 rings (SSSR count). The van der Waals surface area contributed by atoms with Gasteiger partial charge in [0.2, 0.25) is 5.91 Å². The van der Waals surface area contributed by atoms with Gasteiger partial charge in [-0.15, -0.1) is 0 Å². The highest BCUT2D eigenvalue weighted by atomic mass is 16.5. The van der Waals surface area contributed by atoms with Crippen molar-refractivity contribution in [2.24, 2.45) is 0 Å². The number of ether oxygens (including phenoxy) is 1. The minimum atomic E-state index is -0.622. The van der Waals surface area contributed by atoms with Gasteiger partial charge in [-0.25, -0.2) is 4.79 Å². The predicted molar refractivity (Wildman–Crippen MR) is 69.1 cm³/mol. The highest BCUT2D eigenvalue weighted by molar-refractivity contribution is 5.88. The molecular weight excluding hydrogens is 230 g/mol. The second kappa shape index (κ2) is 6.79. The maximum atomic E-state index is 11.9. The molecule has 0 saturated carbocycles. The van der Waals surface area contributed by atoms with Crippen LogP contribution in [0.15, 0.2) is 30.3 Å². The first-order valence-electron chi connectivity index (χ1n) is 6.08. The zero-order valence-electron chi connectivity index (χ0n) is 11.0. The van der Waals surface area contributed by atoms with Gasteiger partial charge in [0, 0.05) is 0 Å². The van der Waals surface area contributed by atoms with Crippen LogP contribution in [0, 0.1) is 0 Å². The van der Waals surface area contributed by atoms with Gasteiger partial charge in [-0.05, 0) is 26.3 Å². The first-order chi connectivity index (χ1) is 8.56. The normalized spacial score (nSPS) is 13.5. The molecule has 18 heavy (non-hydrogen) atoms. The first-order valence-corrected chi connectivity index (χ1v) is 6.08. The summed E-state index contributed by atoms with van der Waals surface area (Å²) in [7, 11) is 0. The van der Waals surface area contributed by atoms with Crippen LogP contribution in [0.25, 0.3) is 0 Å². The summed E-state index contributed by atoms with van der Waals surface area (Å²) in [6.07, 6.45) is 0. The van der Waals surface area contributed by atoms with E-state index in [1.165, 1.54) is 0 Å². The smallest absolute Gasteiger partial charge is 0.328 e. The van der Waals surface area contributed by atoms with Crippen LogP contribution >= 0.6 is 0 Å². The maximum Gasteiger partial charge on any atom is 0.328 e. The third-order valence-corrected chi connectivity index (χ3v) is 2.69. The minimum absolute atomic E-state index is 0.179. The van der Waals surface area contributed by atoms with Gasteiger partial charge in [0.15, 0.2) is 0 Å². The number of benzene rings is 1. The molecule has 0 aliphatic rings. The van der Waals surface area contributed by atoms with Crippen LogP contribution < -0.4 is 5.32 Å². The molecule has 0 saturated heterocycles. The van der Waals surface area contributed by atoms with E-state index in [9.17, 15) is 9.59 Å². The Labute approximate surface area is 107 Å². The van der Waals surface area contributed by atoms with E-state index >= 15 is 0 Å². The van der Waals surface area contributed by atoms with Crippen molar-refractivity contribution in [1.29, 1.82) is 0 Å². The molecule has 0 radical (unpaired) electrons. The van der Waals surface area contributed by atoms with Gasteiger partial charge in [0.05, 0.1) is 12.5 Å². The molecule has 1 aromatic rings. The molecule has 4 heteroatoms. The molecule has 0 heterocycles. The Hall–Kier alpha value is -1.84. The van der Waals surface area contributed by atoms with Crippen LogP contribution in [0.5, 0.6) is 0 Å². The third kappa shape index (κ3) is 3.87. The van der Waals surface area contributed by atoms with Crippen LogP contribution in [0.4, 0.5) is 0 Å². The second-order valence-electron chi connectivity index (χ2n) is 4.11. The predicted octanol–water partition coefficient (Wildman–Crippen LogP) is 1.86. The average molecular weight is 249 g/mol. The highest BCUT2D eigenvalue weighted by Crippen LogP contribution is 2.14. The molecule has 0 spiro atoms. The van der Waals surface area contributed by atoms with Crippen molar-refractivity contribution >= 4 is 11.9 Å². The fourth-order valence-electron chi connectivity index (χ4n) is 1.56. The standard InChI is InChI=1S/C14H19NO3/c1-4-18-14(17)11(3)15-13(16)10(2)12-8-6-5-7-9-12/h5-11H,4H2,1-3H3,(H,15,16). The molecular formula is C14H19NO3. The molecule has 1 N–H and O–H groups in total. The summed E-state index contributed by atoms with van der Waals surface area (Å²) < 4.78 is 4.84. The zero-order valence-corrected chi connectivity index (χ0v) is 11.0. The van der Waals surface area contributed by atoms with E-state index in [4.69, 9.17) is 4.74 Å². The van der Waals surface area contributed by atoms with Gasteiger partial charge in [0.25, 0.3) is 0 Å². The SMILES string of the molecule is CCOC(=O)C(C)NC(=O)C(C)c1ccccc1. The Balaban J connectivity index is 2.58. The molecule has 0 fully saturated rings.